The number of primary amides is 1. The first-order valence-corrected chi connectivity index (χ1v) is 10.6. The average molecular weight is 423 g/mol. The van der Waals surface area contributed by atoms with E-state index in [0.717, 1.165) is 16.1 Å². The minimum atomic E-state index is -0.722. The van der Waals surface area contributed by atoms with E-state index in [1.807, 2.05) is 37.3 Å². The number of aryl methyl sites for hydroxylation is 3. The van der Waals surface area contributed by atoms with E-state index < -0.39 is 5.91 Å². The first-order valence-electron chi connectivity index (χ1n) is 9.74. The highest BCUT2D eigenvalue weighted by Crippen LogP contribution is 2.23. The largest absolute Gasteiger partial charge is 0.365 e. The van der Waals surface area contributed by atoms with Crippen molar-refractivity contribution in [1.82, 2.24) is 14.5 Å². The molecular weight excluding hydrogens is 400 g/mol. The Hall–Kier alpha value is -3.26. The zero-order chi connectivity index (χ0) is 21.3. The first-order chi connectivity index (χ1) is 14.4. The van der Waals surface area contributed by atoms with Crippen LogP contribution in [0.1, 0.15) is 42.5 Å². The van der Waals surface area contributed by atoms with Crippen molar-refractivity contribution in [2.24, 2.45) is 5.73 Å². The van der Waals surface area contributed by atoms with Gasteiger partial charge in [-0.25, -0.2) is 4.98 Å². The van der Waals surface area contributed by atoms with E-state index in [4.69, 9.17) is 5.73 Å². The summed E-state index contributed by atoms with van der Waals surface area (Å²) in [6, 6.07) is 9.82. The van der Waals surface area contributed by atoms with E-state index in [2.05, 4.69) is 4.98 Å². The summed E-state index contributed by atoms with van der Waals surface area (Å²) in [6.07, 6.45) is 2.83. The monoisotopic (exact) mass is 422 g/mol. The van der Waals surface area contributed by atoms with Crippen LogP contribution < -0.4 is 11.3 Å². The van der Waals surface area contributed by atoms with Crippen molar-refractivity contribution in [3.8, 4) is 0 Å². The molecular formula is C22H22N4O3S. The highest BCUT2D eigenvalue weighted by Gasteiger charge is 2.28. The summed E-state index contributed by atoms with van der Waals surface area (Å²) in [5.74, 6) is -0.868. The topological polar surface area (TPSA) is 98.3 Å². The van der Waals surface area contributed by atoms with Crippen LogP contribution in [0.5, 0.6) is 0 Å². The number of aromatic nitrogens is 2. The number of nitrogens with zero attached hydrogens (tertiary/aromatic N) is 3. The Bertz CT molecular complexity index is 1170. The second-order valence-electron chi connectivity index (χ2n) is 7.33. The number of carbonyl (C=O) groups excluding carboxylic acids is 2. The van der Waals surface area contributed by atoms with Crippen molar-refractivity contribution in [3.05, 3.63) is 85.2 Å². The molecule has 0 atom stereocenters. The van der Waals surface area contributed by atoms with Crippen LogP contribution in [-0.2, 0) is 25.9 Å². The van der Waals surface area contributed by atoms with Gasteiger partial charge in [0.15, 0.2) is 0 Å². The van der Waals surface area contributed by atoms with Gasteiger partial charge in [0.25, 0.3) is 17.4 Å². The second-order valence-corrected chi connectivity index (χ2v) is 8.40. The maximum atomic E-state index is 12.9. The molecule has 7 nitrogen and oxygen atoms in total. The van der Waals surface area contributed by atoms with Crippen molar-refractivity contribution < 1.29 is 9.59 Å². The summed E-state index contributed by atoms with van der Waals surface area (Å²) in [4.78, 5) is 43.8. The summed E-state index contributed by atoms with van der Waals surface area (Å²) in [5.41, 5.74) is 8.19. The number of amides is 2. The lowest BCUT2D eigenvalue weighted by Gasteiger charge is -2.30. The number of nitrogens with two attached hydrogens (primary N) is 1. The van der Waals surface area contributed by atoms with Crippen LogP contribution in [0.4, 0.5) is 0 Å². The SMILES string of the molecule is Cc1nc(C(=O)N2CCc3c(cn(CCc4ccccc4)c(=O)c3C(N)=O)C2)cs1. The second kappa shape index (κ2) is 8.23. The summed E-state index contributed by atoms with van der Waals surface area (Å²) >= 11 is 1.43. The Morgan fingerprint density at radius 1 is 1.23 bits per heavy atom. The molecule has 2 aromatic heterocycles. The predicted octanol–water partition coefficient (Wildman–Crippen LogP) is 2.15. The number of hydrogen-bond acceptors (Lipinski definition) is 5. The van der Waals surface area contributed by atoms with E-state index >= 15 is 0 Å². The normalized spacial score (nSPS) is 13.2. The molecule has 1 aromatic carbocycles. The number of pyridine rings is 1. The maximum absolute atomic E-state index is 12.9. The number of hydrogen-bond donors (Lipinski definition) is 1. The fourth-order valence-corrected chi connectivity index (χ4v) is 4.41. The molecule has 0 bridgehead atoms. The van der Waals surface area contributed by atoms with Crippen molar-refractivity contribution in [2.45, 2.75) is 32.9 Å². The van der Waals surface area contributed by atoms with E-state index in [9.17, 15) is 14.4 Å². The third kappa shape index (κ3) is 3.91. The molecule has 154 valence electrons. The van der Waals surface area contributed by atoms with Crippen LogP contribution in [0.2, 0.25) is 0 Å². The minimum Gasteiger partial charge on any atom is -0.365 e. The maximum Gasteiger partial charge on any atom is 0.273 e. The van der Waals surface area contributed by atoms with Crippen LogP contribution >= 0.6 is 11.3 Å². The molecule has 0 aliphatic carbocycles. The average Bonchev–Trinajstić information content (AvgIpc) is 3.18. The van der Waals surface area contributed by atoms with Crippen molar-refractivity contribution in [2.75, 3.05) is 6.54 Å². The molecule has 0 spiro atoms. The van der Waals surface area contributed by atoms with Gasteiger partial charge in [-0.2, -0.15) is 0 Å². The fourth-order valence-electron chi connectivity index (χ4n) is 3.82. The Morgan fingerprint density at radius 3 is 2.67 bits per heavy atom. The van der Waals surface area contributed by atoms with E-state index in [1.165, 1.54) is 15.9 Å². The number of rotatable bonds is 5. The predicted molar refractivity (Wildman–Crippen MR) is 115 cm³/mol. The third-order valence-corrected chi connectivity index (χ3v) is 6.10. The molecule has 0 radical (unpaired) electrons. The van der Waals surface area contributed by atoms with Gasteiger partial charge in [-0.3, -0.25) is 14.4 Å². The van der Waals surface area contributed by atoms with Gasteiger partial charge in [0, 0.05) is 31.2 Å². The number of thiazole rings is 1. The molecule has 0 unspecified atom stereocenters. The molecule has 2 amide bonds. The van der Waals surface area contributed by atoms with Gasteiger partial charge in [0.05, 0.1) is 5.01 Å². The van der Waals surface area contributed by atoms with Gasteiger partial charge in [0.1, 0.15) is 11.3 Å². The molecule has 2 N–H and O–H groups in total. The van der Waals surface area contributed by atoms with Gasteiger partial charge >= 0.3 is 0 Å². The molecule has 8 heteroatoms. The van der Waals surface area contributed by atoms with Crippen LogP contribution in [-0.4, -0.2) is 32.8 Å². The molecule has 30 heavy (non-hydrogen) atoms. The third-order valence-electron chi connectivity index (χ3n) is 5.32. The lowest BCUT2D eigenvalue weighted by Crippen LogP contribution is -2.40. The van der Waals surface area contributed by atoms with Gasteiger partial charge in [-0.05, 0) is 36.5 Å². The molecule has 3 aromatic rings. The quantitative estimate of drug-likeness (QED) is 0.681. The smallest absolute Gasteiger partial charge is 0.273 e. The molecule has 1 aliphatic heterocycles. The van der Waals surface area contributed by atoms with Crippen molar-refractivity contribution in [3.63, 3.8) is 0 Å². The molecule has 4 rings (SSSR count). The lowest BCUT2D eigenvalue weighted by molar-refractivity contribution is 0.0728. The number of benzene rings is 1. The highest BCUT2D eigenvalue weighted by molar-refractivity contribution is 7.09. The van der Waals surface area contributed by atoms with Gasteiger partial charge in [0.2, 0.25) is 0 Å². The summed E-state index contributed by atoms with van der Waals surface area (Å²) in [5, 5.41) is 2.59. The van der Waals surface area contributed by atoms with E-state index in [-0.39, 0.29) is 17.0 Å². The Balaban J connectivity index is 1.65. The number of carbonyl (C=O) groups is 2. The van der Waals surface area contributed by atoms with Gasteiger partial charge in [-0.1, -0.05) is 30.3 Å². The minimum absolute atomic E-state index is 0.0390. The summed E-state index contributed by atoms with van der Waals surface area (Å²) < 4.78 is 1.53. The molecule has 3 heterocycles. The van der Waals surface area contributed by atoms with E-state index in [0.29, 0.717) is 43.7 Å². The van der Waals surface area contributed by atoms with Crippen LogP contribution in [0.25, 0.3) is 0 Å². The summed E-state index contributed by atoms with van der Waals surface area (Å²) in [6.45, 7) is 3.01. The Labute approximate surface area is 177 Å². The van der Waals surface area contributed by atoms with Gasteiger partial charge < -0.3 is 15.2 Å². The summed E-state index contributed by atoms with van der Waals surface area (Å²) in [7, 11) is 0. The molecule has 0 saturated heterocycles. The van der Waals surface area contributed by atoms with Gasteiger partial charge in [-0.15, -0.1) is 11.3 Å². The standard InChI is InChI=1S/C22H22N4O3S/c1-14-24-18(13-30-14)21(28)25-10-8-17-16(11-25)12-26(22(29)19(17)20(23)27)9-7-15-5-3-2-4-6-15/h2-6,12-13H,7-11H2,1H3,(H2,23,27). The molecule has 0 saturated carbocycles. The zero-order valence-corrected chi connectivity index (χ0v) is 17.4. The van der Waals surface area contributed by atoms with Crippen LogP contribution in [0.3, 0.4) is 0 Å². The first kappa shape index (κ1) is 20.0. The fraction of sp³-hybridized carbons (Fsp3) is 0.273. The van der Waals surface area contributed by atoms with E-state index in [1.54, 1.807) is 16.5 Å². The Kier molecular flexibility index (Phi) is 5.50. The molecule has 0 fully saturated rings. The Morgan fingerprint density at radius 2 is 2.00 bits per heavy atom. The zero-order valence-electron chi connectivity index (χ0n) is 16.6. The number of fused-ring (bicyclic) bond motifs is 1. The van der Waals surface area contributed by atoms with Crippen molar-refractivity contribution in [1.29, 1.82) is 0 Å². The lowest BCUT2D eigenvalue weighted by atomic mass is 9.96. The van der Waals surface area contributed by atoms with Crippen LogP contribution in [0.15, 0.2) is 46.7 Å². The van der Waals surface area contributed by atoms with Crippen molar-refractivity contribution >= 4 is 23.2 Å². The highest BCUT2D eigenvalue weighted by atomic mass is 32.1. The van der Waals surface area contributed by atoms with Crippen LogP contribution in [0, 0.1) is 6.92 Å². The molecule has 1 aliphatic rings.